The van der Waals surface area contributed by atoms with E-state index >= 15 is 0 Å². The van der Waals surface area contributed by atoms with Crippen LogP contribution in [0.5, 0.6) is 5.75 Å². The fourth-order valence-electron chi connectivity index (χ4n) is 2.76. The lowest BCUT2D eigenvalue weighted by atomic mass is 9.93. The smallest absolute Gasteiger partial charge is 0.217 e. The van der Waals surface area contributed by atoms with Gasteiger partial charge in [0.25, 0.3) is 0 Å². The third-order valence-electron chi connectivity index (χ3n) is 3.83. The second-order valence-electron chi connectivity index (χ2n) is 5.99. The Hall–Kier alpha value is -1.91. The summed E-state index contributed by atoms with van der Waals surface area (Å²) in [5, 5.41) is 0. The Labute approximate surface area is 126 Å². The van der Waals surface area contributed by atoms with Crippen molar-refractivity contribution in [3.05, 3.63) is 18.2 Å². The Balaban J connectivity index is 2.01. The molecule has 5 heteroatoms. The first kappa shape index (κ1) is 15.5. The van der Waals surface area contributed by atoms with Crippen LogP contribution in [0.2, 0.25) is 0 Å². The summed E-state index contributed by atoms with van der Waals surface area (Å²) in [4.78, 5) is 13.3. The van der Waals surface area contributed by atoms with E-state index < -0.39 is 0 Å². The first-order valence-corrected chi connectivity index (χ1v) is 7.55. The quantitative estimate of drug-likeness (QED) is 0.814. The fraction of sp³-hybridized carbons (Fsp3) is 0.562. The van der Waals surface area contributed by atoms with Gasteiger partial charge in [0, 0.05) is 31.3 Å². The number of piperidine rings is 1. The molecule has 0 saturated carbocycles. The normalized spacial score (nSPS) is 16.2. The first-order chi connectivity index (χ1) is 9.95. The summed E-state index contributed by atoms with van der Waals surface area (Å²) < 4.78 is 5.74. The van der Waals surface area contributed by atoms with Crippen molar-refractivity contribution < 1.29 is 9.53 Å². The topological polar surface area (TPSA) is 81.6 Å². The number of ether oxygens (including phenoxy) is 1. The fourth-order valence-corrected chi connectivity index (χ4v) is 2.76. The molecule has 4 N–H and O–H groups in total. The lowest BCUT2D eigenvalue weighted by molar-refractivity contribution is -0.119. The van der Waals surface area contributed by atoms with E-state index in [0.29, 0.717) is 18.0 Å². The van der Waals surface area contributed by atoms with Gasteiger partial charge in [-0.15, -0.1) is 0 Å². The SMILES string of the molecule is CC(C)Oc1cc(N2CCC(CC(N)=O)CC2)ccc1N. The highest BCUT2D eigenvalue weighted by Crippen LogP contribution is 2.31. The van der Waals surface area contributed by atoms with Gasteiger partial charge in [-0.3, -0.25) is 4.79 Å². The van der Waals surface area contributed by atoms with Crippen LogP contribution < -0.4 is 21.1 Å². The van der Waals surface area contributed by atoms with Gasteiger partial charge in [-0.2, -0.15) is 0 Å². The number of carbonyl (C=O) groups is 1. The van der Waals surface area contributed by atoms with Crippen LogP contribution >= 0.6 is 0 Å². The van der Waals surface area contributed by atoms with Gasteiger partial charge in [0.2, 0.25) is 5.91 Å². The van der Waals surface area contributed by atoms with Crippen LogP contribution in [0.3, 0.4) is 0 Å². The Kier molecular flexibility index (Phi) is 4.94. The molecular formula is C16H25N3O2. The van der Waals surface area contributed by atoms with Crippen LogP contribution in [0.4, 0.5) is 11.4 Å². The van der Waals surface area contributed by atoms with Crippen LogP contribution in [0.1, 0.15) is 33.1 Å². The number of primary amides is 1. The van der Waals surface area contributed by atoms with Crippen molar-refractivity contribution in [2.24, 2.45) is 11.7 Å². The zero-order valence-electron chi connectivity index (χ0n) is 12.8. The third-order valence-corrected chi connectivity index (χ3v) is 3.83. The lowest BCUT2D eigenvalue weighted by Gasteiger charge is -2.33. The molecule has 0 spiro atoms. The third kappa shape index (κ3) is 4.28. The molecule has 1 aromatic rings. The summed E-state index contributed by atoms with van der Waals surface area (Å²) in [5.41, 5.74) is 13.0. The second-order valence-corrected chi connectivity index (χ2v) is 5.99. The molecule has 1 aliphatic heterocycles. The van der Waals surface area contributed by atoms with Crippen LogP contribution in [-0.4, -0.2) is 25.1 Å². The number of rotatable bonds is 5. The summed E-state index contributed by atoms with van der Waals surface area (Å²) in [7, 11) is 0. The van der Waals surface area contributed by atoms with Gasteiger partial charge in [-0.1, -0.05) is 0 Å². The van der Waals surface area contributed by atoms with Crippen molar-refractivity contribution in [1.29, 1.82) is 0 Å². The predicted molar refractivity (Wildman–Crippen MR) is 85.4 cm³/mol. The van der Waals surface area contributed by atoms with Gasteiger partial charge in [0.1, 0.15) is 5.75 Å². The molecule has 0 aliphatic carbocycles. The molecular weight excluding hydrogens is 266 g/mol. The van der Waals surface area contributed by atoms with Gasteiger partial charge < -0.3 is 21.1 Å². The maximum Gasteiger partial charge on any atom is 0.217 e. The molecule has 21 heavy (non-hydrogen) atoms. The Bertz CT molecular complexity index is 494. The summed E-state index contributed by atoms with van der Waals surface area (Å²) in [6.45, 7) is 5.84. The van der Waals surface area contributed by atoms with E-state index in [1.54, 1.807) is 0 Å². The first-order valence-electron chi connectivity index (χ1n) is 7.55. The van der Waals surface area contributed by atoms with E-state index in [4.69, 9.17) is 16.2 Å². The van der Waals surface area contributed by atoms with Crippen molar-refractivity contribution in [2.75, 3.05) is 23.7 Å². The molecule has 2 rings (SSSR count). The minimum atomic E-state index is -0.200. The molecule has 116 valence electrons. The lowest BCUT2D eigenvalue weighted by Crippen LogP contribution is -2.35. The Morgan fingerprint density at radius 1 is 1.38 bits per heavy atom. The van der Waals surface area contributed by atoms with Crippen LogP contribution in [0.15, 0.2) is 18.2 Å². The standard InChI is InChI=1S/C16H25N3O2/c1-11(2)21-15-10-13(3-4-14(15)17)19-7-5-12(6-8-19)9-16(18)20/h3-4,10-12H,5-9,17H2,1-2H3,(H2,18,20). The zero-order valence-corrected chi connectivity index (χ0v) is 12.8. The van der Waals surface area contributed by atoms with Crippen molar-refractivity contribution in [2.45, 2.75) is 39.2 Å². The largest absolute Gasteiger partial charge is 0.489 e. The molecule has 0 radical (unpaired) electrons. The minimum absolute atomic E-state index is 0.101. The van der Waals surface area contributed by atoms with Crippen molar-refractivity contribution in [3.63, 3.8) is 0 Å². The Morgan fingerprint density at radius 3 is 2.62 bits per heavy atom. The average molecular weight is 291 g/mol. The number of carbonyl (C=O) groups excluding carboxylic acids is 1. The number of hydrogen-bond acceptors (Lipinski definition) is 4. The Morgan fingerprint density at radius 2 is 2.05 bits per heavy atom. The number of amides is 1. The highest BCUT2D eigenvalue weighted by Gasteiger charge is 2.21. The van der Waals surface area contributed by atoms with E-state index in [1.165, 1.54) is 0 Å². The van der Waals surface area contributed by atoms with E-state index in [9.17, 15) is 4.79 Å². The molecule has 5 nitrogen and oxygen atoms in total. The highest BCUT2D eigenvalue weighted by molar-refractivity contribution is 5.74. The van der Waals surface area contributed by atoms with E-state index in [1.807, 2.05) is 32.0 Å². The van der Waals surface area contributed by atoms with Crippen molar-refractivity contribution >= 4 is 17.3 Å². The van der Waals surface area contributed by atoms with Gasteiger partial charge in [0.05, 0.1) is 11.8 Å². The number of nitrogens with two attached hydrogens (primary N) is 2. The molecule has 1 amide bonds. The molecule has 1 fully saturated rings. The molecule has 1 heterocycles. The number of nitrogen functional groups attached to an aromatic ring is 1. The second kappa shape index (κ2) is 6.70. The summed E-state index contributed by atoms with van der Waals surface area (Å²) in [6.07, 6.45) is 2.59. The minimum Gasteiger partial charge on any atom is -0.489 e. The molecule has 0 bridgehead atoms. The van der Waals surface area contributed by atoms with E-state index in [-0.39, 0.29) is 12.0 Å². The maximum atomic E-state index is 11.0. The van der Waals surface area contributed by atoms with E-state index in [0.717, 1.165) is 37.4 Å². The zero-order chi connectivity index (χ0) is 15.4. The highest BCUT2D eigenvalue weighted by atomic mass is 16.5. The molecule has 0 aromatic heterocycles. The van der Waals surface area contributed by atoms with Crippen LogP contribution in [-0.2, 0) is 4.79 Å². The van der Waals surface area contributed by atoms with Crippen molar-refractivity contribution in [3.8, 4) is 5.75 Å². The molecule has 1 aliphatic rings. The molecule has 1 aromatic carbocycles. The number of benzene rings is 1. The average Bonchev–Trinajstić information content (AvgIpc) is 2.41. The van der Waals surface area contributed by atoms with Gasteiger partial charge in [0.15, 0.2) is 0 Å². The monoisotopic (exact) mass is 291 g/mol. The van der Waals surface area contributed by atoms with Crippen LogP contribution in [0.25, 0.3) is 0 Å². The summed E-state index contributed by atoms with van der Waals surface area (Å²) >= 11 is 0. The molecule has 0 atom stereocenters. The molecule has 1 saturated heterocycles. The maximum absolute atomic E-state index is 11.0. The summed E-state index contributed by atoms with van der Waals surface area (Å²) in [5.74, 6) is 0.953. The van der Waals surface area contributed by atoms with Crippen molar-refractivity contribution in [1.82, 2.24) is 0 Å². The van der Waals surface area contributed by atoms with Gasteiger partial charge >= 0.3 is 0 Å². The summed E-state index contributed by atoms with van der Waals surface area (Å²) in [6, 6.07) is 5.92. The van der Waals surface area contributed by atoms with Gasteiger partial charge in [-0.05, 0) is 44.7 Å². The van der Waals surface area contributed by atoms with Gasteiger partial charge in [-0.25, -0.2) is 0 Å². The predicted octanol–water partition coefficient (Wildman–Crippen LogP) is 2.15. The van der Waals surface area contributed by atoms with Crippen LogP contribution in [0, 0.1) is 5.92 Å². The number of nitrogens with zero attached hydrogens (tertiary/aromatic N) is 1. The van der Waals surface area contributed by atoms with E-state index in [2.05, 4.69) is 4.90 Å². The number of hydrogen-bond donors (Lipinski definition) is 2. The molecule has 0 unspecified atom stereocenters. The number of anilines is 2.